The molecular formula is C18H31N9O6. The molecule has 15 nitrogen and oxygen atoms in total. The smallest absolute Gasteiger partial charge is 0.326 e. The fourth-order valence-corrected chi connectivity index (χ4v) is 2.61. The molecule has 1 heterocycles. The van der Waals surface area contributed by atoms with Gasteiger partial charge >= 0.3 is 5.97 Å². The number of aliphatic hydroxyl groups excluding tert-OH is 1. The maximum absolute atomic E-state index is 12.6. The molecule has 0 aromatic carbocycles. The third-order valence-corrected chi connectivity index (χ3v) is 4.44. The molecule has 4 atom stereocenters. The van der Waals surface area contributed by atoms with E-state index >= 15 is 0 Å². The highest BCUT2D eigenvalue weighted by molar-refractivity contribution is 5.92. The Morgan fingerprint density at radius 2 is 1.88 bits per heavy atom. The average molecular weight is 470 g/mol. The van der Waals surface area contributed by atoms with Crippen LogP contribution >= 0.6 is 0 Å². The zero-order valence-corrected chi connectivity index (χ0v) is 18.2. The van der Waals surface area contributed by atoms with Crippen molar-refractivity contribution in [3.8, 4) is 0 Å². The van der Waals surface area contributed by atoms with E-state index in [1.54, 1.807) is 0 Å². The van der Waals surface area contributed by atoms with Crippen molar-refractivity contribution in [1.82, 2.24) is 25.9 Å². The van der Waals surface area contributed by atoms with Crippen molar-refractivity contribution in [3.63, 3.8) is 0 Å². The topological polar surface area (TPSA) is 264 Å². The number of carboxylic acids is 1. The zero-order chi connectivity index (χ0) is 25.0. The summed E-state index contributed by atoms with van der Waals surface area (Å²) in [6.45, 7) is 0.991. The fourth-order valence-electron chi connectivity index (χ4n) is 2.61. The number of imidazole rings is 1. The first kappa shape index (κ1) is 27.3. The van der Waals surface area contributed by atoms with Crippen LogP contribution in [-0.2, 0) is 25.6 Å². The number of carbonyl (C=O) groups excluding carboxylic acids is 3. The van der Waals surface area contributed by atoms with Crippen molar-refractivity contribution in [2.24, 2.45) is 22.2 Å². The van der Waals surface area contributed by atoms with E-state index in [9.17, 15) is 29.4 Å². The van der Waals surface area contributed by atoms with E-state index in [0.29, 0.717) is 12.1 Å². The van der Waals surface area contributed by atoms with Gasteiger partial charge < -0.3 is 48.3 Å². The summed E-state index contributed by atoms with van der Waals surface area (Å²) in [5.41, 5.74) is 16.5. The Kier molecular flexibility index (Phi) is 11.3. The van der Waals surface area contributed by atoms with Gasteiger partial charge in [-0.2, -0.15) is 0 Å². The van der Waals surface area contributed by atoms with E-state index in [0.717, 1.165) is 0 Å². The number of guanidine groups is 1. The molecule has 1 aromatic rings. The Morgan fingerprint density at radius 1 is 1.18 bits per heavy atom. The summed E-state index contributed by atoms with van der Waals surface area (Å²) in [4.78, 5) is 58.6. The van der Waals surface area contributed by atoms with Gasteiger partial charge in [0.15, 0.2) is 5.96 Å². The zero-order valence-electron chi connectivity index (χ0n) is 18.2. The maximum atomic E-state index is 12.6. The summed E-state index contributed by atoms with van der Waals surface area (Å²) in [6.07, 6.45) is 2.08. The van der Waals surface area contributed by atoms with Gasteiger partial charge in [0.25, 0.3) is 0 Å². The van der Waals surface area contributed by atoms with Gasteiger partial charge in [0.1, 0.15) is 18.1 Å². The number of H-pyrrole nitrogens is 1. The Bertz CT molecular complexity index is 823. The number of carboxylic acid groups (broad SMARTS) is 1. The molecule has 0 saturated carbocycles. The molecule has 4 unspecified atom stereocenters. The van der Waals surface area contributed by atoms with Crippen LogP contribution in [0.3, 0.4) is 0 Å². The van der Waals surface area contributed by atoms with Crippen LogP contribution in [0.15, 0.2) is 17.5 Å². The van der Waals surface area contributed by atoms with Crippen molar-refractivity contribution < 1.29 is 29.4 Å². The van der Waals surface area contributed by atoms with E-state index < -0.39 is 54.5 Å². The second-order valence-corrected chi connectivity index (χ2v) is 7.23. The molecule has 15 heteroatoms. The number of aliphatic carboxylic acids is 1. The second kappa shape index (κ2) is 13.6. The molecular weight excluding hydrogens is 438 g/mol. The first-order valence-corrected chi connectivity index (χ1v) is 10.1. The van der Waals surface area contributed by atoms with Gasteiger partial charge in [-0.15, -0.1) is 0 Å². The average Bonchev–Trinajstić information content (AvgIpc) is 3.25. The number of nitrogens with two attached hydrogens (primary N) is 3. The predicted molar refractivity (Wildman–Crippen MR) is 116 cm³/mol. The van der Waals surface area contributed by atoms with Crippen LogP contribution < -0.4 is 33.2 Å². The lowest BCUT2D eigenvalue weighted by Gasteiger charge is -2.21. The van der Waals surface area contributed by atoms with E-state index in [2.05, 4.69) is 30.9 Å². The number of aliphatic hydroxyl groups is 1. The lowest BCUT2D eigenvalue weighted by Crippen LogP contribution is -2.56. The van der Waals surface area contributed by atoms with Crippen LogP contribution in [0.2, 0.25) is 0 Å². The molecule has 0 aliphatic heterocycles. The number of aliphatic imine (C=N–C) groups is 1. The molecule has 0 saturated heterocycles. The number of amides is 3. The Hall–Kier alpha value is -3.72. The maximum Gasteiger partial charge on any atom is 0.326 e. The molecule has 1 aromatic heterocycles. The SMILES string of the molecule is CC(O)C(N)C(=O)NC(Cc1cnc[nH]1)C(=O)NCC(=O)NC(CCCN=C(N)N)C(=O)O. The molecule has 33 heavy (non-hydrogen) atoms. The van der Waals surface area contributed by atoms with Crippen molar-refractivity contribution in [3.05, 3.63) is 18.2 Å². The van der Waals surface area contributed by atoms with Gasteiger partial charge in [0.2, 0.25) is 17.7 Å². The minimum Gasteiger partial charge on any atom is -0.480 e. The van der Waals surface area contributed by atoms with Gasteiger partial charge in [-0.1, -0.05) is 0 Å². The lowest BCUT2D eigenvalue weighted by molar-refractivity contribution is -0.142. The predicted octanol–water partition coefficient (Wildman–Crippen LogP) is -4.12. The van der Waals surface area contributed by atoms with Crippen molar-refractivity contribution in [2.75, 3.05) is 13.1 Å². The molecule has 0 aliphatic carbocycles. The third kappa shape index (κ3) is 10.4. The van der Waals surface area contributed by atoms with E-state index in [-0.39, 0.29) is 25.3 Å². The Labute approximate surface area is 189 Å². The standard InChI is InChI=1S/C18H31N9O6/c1-9(28)14(19)16(31)27-12(5-10-6-22-8-25-10)15(30)24-7-13(29)26-11(17(32)33)3-2-4-23-18(20)21/h6,8-9,11-12,14,28H,2-5,7,19H2,1H3,(H,22,25)(H,24,30)(H,26,29)(H,27,31)(H,32,33)(H4,20,21,23). The van der Waals surface area contributed by atoms with Crippen LogP contribution in [0.25, 0.3) is 0 Å². The summed E-state index contributed by atoms with van der Waals surface area (Å²) >= 11 is 0. The number of nitrogens with zero attached hydrogens (tertiary/aromatic N) is 2. The van der Waals surface area contributed by atoms with Gasteiger partial charge in [0, 0.05) is 24.9 Å². The van der Waals surface area contributed by atoms with Crippen LogP contribution in [0.1, 0.15) is 25.5 Å². The molecule has 0 aliphatic rings. The van der Waals surface area contributed by atoms with Gasteiger partial charge in [-0.25, -0.2) is 9.78 Å². The first-order valence-electron chi connectivity index (χ1n) is 10.1. The fraction of sp³-hybridized carbons (Fsp3) is 0.556. The highest BCUT2D eigenvalue weighted by atomic mass is 16.4. The minimum absolute atomic E-state index is 0.00820. The Morgan fingerprint density at radius 3 is 2.42 bits per heavy atom. The molecule has 0 bridgehead atoms. The van der Waals surface area contributed by atoms with E-state index in [1.807, 2.05) is 0 Å². The van der Waals surface area contributed by atoms with E-state index in [1.165, 1.54) is 19.4 Å². The molecule has 0 radical (unpaired) electrons. The van der Waals surface area contributed by atoms with Crippen LogP contribution in [0, 0.1) is 0 Å². The quantitative estimate of drug-likeness (QED) is 0.0721. The monoisotopic (exact) mass is 469 g/mol. The third-order valence-electron chi connectivity index (χ3n) is 4.44. The summed E-state index contributed by atoms with van der Waals surface area (Å²) in [5, 5.41) is 25.8. The summed E-state index contributed by atoms with van der Waals surface area (Å²) in [5.74, 6) is -3.60. The van der Waals surface area contributed by atoms with Gasteiger partial charge in [-0.05, 0) is 19.8 Å². The number of carbonyl (C=O) groups is 4. The van der Waals surface area contributed by atoms with E-state index in [4.69, 9.17) is 17.2 Å². The number of nitrogens with one attached hydrogen (secondary N) is 4. The largest absolute Gasteiger partial charge is 0.480 e. The summed E-state index contributed by atoms with van der Waals surface area (Å²) in [7, 11) is 0. The van der Waals surface area contributed by atoms with Crippen LogP contribution in [0.5, 0.6) is 0 Å². The highest BCUT2D eigenvalue weighted by Gasteiger charge is 2.27. The number of hydrogen-bond acceptors (Lipinski definition) is 8. The van der Waals surface area contributed by atoms with Gasteiger partial charge in [-0.3, -0.25) is 19.4 Å². The van der Waals surface area contributed by atoms with Crippen molar-refractivity contribution >= 4 is 29.7 Å². The number of rotatable bonds is 14. The summed E-state index contributed by atoms with van der Waals surface area (Å²) in [6, 6.07) is -3.60. The highest BCUT2D eigenvalue weighted by Crippen LogP contribution is 2.01. The molecule has 184 valence electrons. The van der Waals surface area contributed by atoms with Crippen molar-refractivity contribution in [2.45, 2.75) is 50.4 Å². The molecule has 12 N–H and O–H groups in total. The molecule has 3 amide bonds. The summed E-state index contributed by atoms with van der Waals surface area (Å²) < 4.78 is 0. The second-order valence-electron chi connectivity index (χ2n) is 7.23. The van der Waals surface area contributed by atoms with Crippen LogP contribution in [-0.4, -0.2) is 87.2 Å². The Balaban J connectivity index is 2.67. The normalized spacial score (nSPS) is 14.3. The number of hydrogen-bond donors (Lipinski definition) is 9. The lowest BCUT2D eigenvalue weighted by atomic mass is 10.1. The molecule has 0 fully saturated rings. The first-order chi connectivity index (χ1) is 15.5. The van der Waals surface area contributed by atoms with Crippen LogP contribution in [0.4, 0.5) is 0 Å². The van der Waals surface area contributed by atoms with Gasteiger partial charge in [0.05, 0.1) is 19.0 Å². The molecule has 1 rings (SSSR count). The minimum atomic E-state index is -1.26. The molecule has 0 spiro atoms. The number of aromatic amines is 1. The van der Waals surface area contributed by atoms with Crippen molar-refractivity contribution in [1.29, 1.82) is 0 Å². The number of aromatic nitrogens is 2.